The lowest BCUT2D eigenvalue weighted by Gasteiger charge is -2.24. The number of para-hydroxylation sites is 1. The molecule has 2 amide bonds. The van der Waals surface area contributed by atoms with Gasteiger partial charge in [0, 0.05) is 23.7 Å². The molecule has 0 saturated heterocycles. The van der Waals surface area contributed by atoms with Gasteiger partial charge in [-0.2, -0.15) is 5.10 Å². The van der Waals surface area contributed by atoms with Gasteiger partial charge < -0.3 is 15.1 Å². The molecule has 0 fully saturated rings. The number of carbonyl (C=O) groups is 1. The molecule has 0 bridgehead atoms. The van der Waals surface area contributed by atoms with Crippen LogP contribution in [-0.4, -0.2) is 15.8 Å². The number of nitrogens with zero attached hydrogens (tertiary/aromatic N) is 2. The molecule has 2 N–H and O–H groups in total. The van der Waals surface area contributed by atoms with E-state index in [4.69, 9.17) is 4.42 Å². The third-order valence-electron chi connectivity index (χ3n) is 4.90. The number of rotatable bonds is 3. The van der Waals surface area contributed by atoms with Gasteiger partial charge in [0.25, 0.3) is 0 Å². The first-order chi connectivity index (χ1) is 12.1. The summed E-state index contributed by atoms with van der Waals surface area (Å²) >= 11 is 0. The normalized spacial score (nSPS) is 17.9. The number of urea groups is 1. The topological polar surface area (TPSA) is 72.1 Å². The predicted molar refractivity (Wildman–Crippen MR) is 95.2 cm³/mol. The molecule has 6 heteroatoms. The van der Waals surface area contributed by atoms with Crippen LogP contribution in [0.15, 0.2) is 40.9 Å². The Morgan fingerprint density at radius 1 is 1.40 bits per heavy atom. The number of benzene rings is 1. The zero-order valence-corrected chi connectivity index (χ0v) is 14.5. The van der Waals surface area contributed by atoms with E-state index in [9.17, 15) is 4.79 Å². The number of nitrogens with one attached hydrogen (secondary N) is 2. The van der Waals surface area contributed by atoms with Gasteiger partial charge in [-0.3, -0.25) is 4.68 Å². The molecule has 25 heavy (non-hydrogen) atoms. The molecular weight excluding hydrogens is 316 g/mol. The number of hydrogen-bond donors (Lipinski definition) is 2. The van der Waals surface area contributed by atoms with Gasteiger partial charge in [0.1, 0.15) is 11.3 Å². The Kier molecular flexibility index (Phi) is 3.95. The molecule has 2 heterocycles. The SMILES string of the molecule is C[C@H](NC(=O)N[C@@H]1CCCc2c1cnn2C)c1cc2ccccc2o1. The molecule has 0 saturated carbocycles. The number of hydrogen-bond acceptors (Lipinski definition) is 3. The van der Waals surface area contributed by atoms with Gasteiger partial charge in [0.05, 0.1) is 18.3 Å². The fraction of sp³-hybridized carbons (Fsp3) is 0.368. The van der Waals surface area contributed by atoms with Gasteiger partial charge in [-0.25, -0.2) is 4.79 Å². The highest BCUT2D eigenvalue weighted by molar-refractivity contribution is 5.78. The maximum absolute atomic E-state index is 12.4. The highest BCUT2D eigenvalue weighted by atomic mass is 16.3. The van der Waals surface area contributed by atoms with E-state index in [1.54, 1.807) is 0 Å². The molecule has 2 atom stereocenters. The maximum atomic E-state index is 12.4. The molecule has 0 spiro atoms. The molecule has 1 aliphatic rings. The van der Waals surface area contributed by atoms with E-state index in [0.717, 1.165) is 41.6 Å². The second-order valence-corrected chi connectivity index (χ2v) is 6.64. The summed E-state index contributed by atoms with van der Waals surface area (Å²) in [5.74, 6) is 0.752. The molecule has 2 aromatic heterocycles. The number of amides is 2. The van der Waals surface area contributed by atoms with Crippen molar-refractivity contribution in [1.82, 2.24) is 20.4 Å². The van der Waals surface area contributed by atoms with E-state index in [1.165, 1.54) is 5.69 Å². The summed E-state index contributed by atoms with van der Waals surface area (Å²) in [4.78, 5) is 12.4. The third-order valence-corrected chi connectivity index (χ3v) is 4.90. The Labute approximate surface area is 146 Å². The Bertz CT molecular complexity index is 878. The molecular formula is C19H22N4O2. The van der Waals surface area contributed by atoms with Crippen molar-refractivity contribution >= 4 is 17.0 Å². The summed E-state index contributed by atoms with van der Waals surface area (Å²) in [6, 6.07) is 9.44. The van der Waals surface area contributed by atoms with Crippen molar-refractivity contribution in [2.75, 3.05) is 0 Å². The number of aryl methyl sites for hydroxylation is 1. The van der Waals surface area contributed by atoms with E-state index in [2.05, 4.69) is 15.7 Å². The fourth-order valence-corrected chi connectivity index (χ4v) is 3.54. The van der Waals surface area contributed by atoms with Gasteiger partial charge >= 0.3 is 6.03 Å². The second-order valence-electron chi connectivity index (χ2n) is 6.64. The minimum atomic E-state index is -0.204. The summed E-state index contributed by atoms with van der Waals surface area (Å²) in [5.41, 5.74) is 3.17. The summed E-state index contributed by atoms with van der Waals surface area (Å²) in [7, 11) is 1.95. The second kappa shape index (κ2) is 6.27. The first-order valence-corrected chi connectivity index (χ1v) is 8.68. The van der Waals surface area contributed by atoms with Gasteiger partial charge in [0.2, 0.25) is 0 Å². The largest absolute Gasteiger partial charge is 0.459 e. The molecule has 4 rings (SSSR count). The van der Waals surface area contributed by atoms with Crippen LogP contribution in [0.3, 0.4) is 0 Å². The monoisotopic (exact) mass is 338 g/mol. The summed E-state index contributed by atoms with van der Waals surface area (Å²) < 4.78 is 7.73. The summed E-state index contributed by atoms with van der Waals surface area (Å²) in [6.45, 7) is 1.92. The molecule has 0 unspecified atom stereocenters. The zero-order valence-electron chi connectivity index (χ0n) is 14.5. The first kappa shape index (κ1) is 15.7. The van der Waals surface area contributed by atoms with Crippen molar-refractivity contribution in [2.24, 2.45) is 7.05 Å². The van der Waals surface area contributed by atoms with Crippen molar-refractivity contribution < 1.29 is 9.21 Å². The molecule has 6 nitrogen and oxygen atoms in total. The van der Waals surface area contributed by atoms with Crippen molar-refractivity contribution in [3.8, 4) is 0 Å². The Morgan fingerprint density at radius 2 is 2.24 bits per heavy atom. The highest BCUT2D eigenvalue weighted by Crippen LogP contribution is 2.29. The molecule has 1 aromatic carbocycles. The van der Waals surface area contributed by atoms with Crippen molar-refractivity contribution in [3.05, 3.63) is 53.5 Å². The predicted octanol–water partition coefficient (Wildman–Crippen LogP) is 3.60. The van der Waals surface area contributed by atoms with Crippen LogP contribution >= 0.6 is 0 Å². The third kappa shape index (κ3) is 2.99. The van der Waals surface area contributed by atoms with Gasteiger partial charge in [-0.15, -0.1) is 0 Å². The van der Waals surface area contributed by atoms with E-state index in [-0.39, 0.29) is 18.1 Å². The summed E-state index contributed by atoms with van der Waals surface area (Å²) in [5, 5.41) is 11.4. The smallest absolute Gasteiger partial charge is 0.315 e. The van der Waals surface area contributed by atoms with Crippen LogP contribution in [0, 0.1) is 0 Å². The molecule has 130 valence electrons. The van der Waals surface area contributed by atoms with E-state index in [0.29, 0.717) is 0 Å². The van der Waals surface area contributed by atoms with Crippen LogP contribution in [-0.2, 0) is 13.5 Å². The van der Waals surface area contributed by atoms with Crippen LogP contribution in [0.25, 0.3) is 11.0 Å². The van der Waals surface area contributed by atoms with Crippen LogP contribution in [0.2, 0.25) is 0 Å². The summed E-state index contributed by atoms with van der Waals surface area (Å²) in [6.07, 6.45) is 4.87. The standard InChI is InChI=1S/C19H22N4O2/c1-12(18-10-13-6-3-4-9-17(13)25-18)21-19(24)22-15-7-5-8-16-14(15)11-20-23(16)2/h3-4,6,9-12,15H,5,7-8H2,1-2H3,(H2,21,22,24)/t12-,15+/m0/s1. The Hall–Kier alpha value is -2.76. The average Bonchev–Trinajstić information content (AvgIpc) is 3.19. The van der Waals surface area contributed by atoms with Crippen molar-refractivity contribution in [3.63, 3.8) is 0 Å². The Morgan fingerprint density at radius 3 is 3.08 bits per heavy atom. The number of fused-ring (bicyclic) bond motifs is 2. The molecule has 3 aromatic rings. The lowest BCUT2D eigenvalue weighted by atomic mass is 9.93. The van der Waals surface area contributed by atoms with Crippen molar-refractivity contribution in [2.45, 2.75) is 38.3 Å². The van der Waals surface area contributed by atoms with E-state index >= 15 is 0 Å². The maximum Gasteiger partial charge on any atom is 0.315 e. The minimum absolute atomic E-state index is 0.0142. The average molecular weight is 338 g/mol. The van der Waals surface area contributed by atoms with Gasteiger partial charge in [0.15, 0.2) is 0 Å². The van der Waals surface area contributed by atoms with Crippen LogP contribution in [0.4, 0.5) is 4.79 Å². The van der Waals surface area contributed by atoms with Crippen LogP contribution in [0.5, 0.6) is 0 Å². The Balaban J connectivity index is 1.43. The quantitative estimate of drug-likeness (QED) is 0.766. The fourth-order valence-electron chi connectivity index (χ4n) is 3.54. The molecule has 1 aliphatic carbocycles. The lowest BCUT2D eigenvalue weighted by molar-refractivity contribution is 0.231. The number of carbonyl (C=O) groups excluding carboxylic acids is 1. The zero-order chi connectivity index (χ0) is 17.4. The van der Waals surface area contributed by atoms with Crippen molar-refractivity contribution in [1.29, 1.82) is 0 Å². The first-order valence-electron chi connectivity index (χ1n) is 8.68. The van der Waals surface area contributed by atoms with E-state index in [1.807, 2.05) is 55.2 Å². The number of furan rings is 1. The highest BCUT2D eigenvalue weighted by Gasteiger charge is 2.25. The molecule has 0 aliphatic heterocycles. The van der Waals surface area contributed by atoms with Gasteiger partial charge in [-0.1, -0.05) is 18.2 Å². The van der Waals surface area contributed by atoms with Crippen LogP contribution in [0.1, 0.15) is 48.9 Å². The minimum Gasteiger partial charge on any atom is -0.459 e. The lowest BCUT2D eigenvalue weighted by Crippen LogP contribution is -2.40. The molecule has 0 radical (unpaired) electrons. The number of aromatic nitrogens is 2. The van der Waals surface area contributed by atoms with Crippen LogP contribution < -0.4 is 10.6 Å². The van der Waals surface area contributed by atoms with Gasteiger partial charge in [-0.05, 0) is 38.3 Å². The van der Waals surface area contributed by atoms with E-state index < -0.39 is 0 Å².